The average Bonchev–Trinajstić information content (AvgIpc) is 3.50. The minimum atomic E-state index is -2.39. The number of rotatable bonds is 8. The lowest BCUT2D eigenvalue weighted by Crippen LogP contribution is -2.52. The number of anilines is 1. The van der Waals surface area contributed by atoms with E-state index in [1.807, 2.05) is 0 Å². The molecule has 8 nitrogen and oxygen atoms in total. The largest absolute Gasteiger partial charge is 0.540 e. The number of methoxy groups -OCH3 is 1. The quantitative estimate of drug-likeness (QED) is 0.372. The number of amides is 2. The van der Waals surface area contributed by atoms with Crippen LogP contribution in [0.2, 0.25) is 16.6 Å². The molecule has 2 amide bonds. The van der Waals surface area contributed by atoms with Gasteiger partial charge in [-0.2, -0.15) is 0 Å². The van der Waals surface area contributed by atoms with Gasteiger partial charge in [-0.3, -0.25) is 4.79 Å². The van der Waals surface area contributed by atoms with Crippen LogP contribution in [0.25, 0.3) is 0 Å². The highest BCUT2D eigenvalue weighted by atomic mass is 28.4. The van der Waals surface area contributed by atoms with E-state index in [-0.39, 0.29) is 24.2 Å². The van der Waals surface area contributed by atoms with Gasteiger partial charge < -0.3 is 23.9 Å². The highest BCUT2D eigenvalue weighted by molar-refractivity contribution is 6.78. The molecule has 36 heavy (non-hydrogen) atoms. The molecule has 1 unspecified atom stereocenters. The Balaban J connectivity index is 1.88. The number of aliphatic hydroxyl groups excluding tert-OH is 1. The van der Waals surface area contributed by atoms with Crippen molar-refractivity contribution in [3.63, 3.8) is 0 Å². The molecule has 2 heterocycles. The third-order valence-corrected chi connectivity index (χ3v) is 14.3. The van der Waals surface area contributed by atoms with Crippen LogP contribution >= 0.6 is 0 Å². The van der Waals surface area contributed by atoms with E-state index in [1.165, 1.54) is 11.0 Å². The summed E-state index contributed by atoms with van der Waals surface area (Å²) in [4.78, 5) is 30.0. The Kier molecular flexibility index (Phi) is 7.18. The molecule has 0 aromatic heterocycles. The molecule has 0 bridgehead atoms. The Bertz CT molecular complexity index is 1020. The van der Waals surface area contributed by atoms with Crippen molar-refractivity contribution in [3.8, 4) is 11.5 Å². The zero-order valence-electron chi connectivity index (χ0n) is 22.5. The van der Waals surface area contributed by atoms with Gasteiger partial charge in [0.05, 0.1) is 24.4 Å². The Morgan fingerprint density at radius 1 is 1.11 bits per heavy atom. The van der Waals surface area contributed by atoms with Gasteiger partial charge in [0.2, 0.25) is 0 Å². The van der Waals surface area contributed by atoms with Crippen LogP contribution in [0, 0.1) is 5.92 Å². The van der Waals surface area contributed by atoms with E-state index in [4.69, 9.17) is 13.9 Å². The standard InChI is InChI=1S/C27H40N2O6Si/c1-9-10-34-27(32)29-21-14-24(35-36(15(2)3,16(4)5)17(6)7)23(33-8)13-19(21)25(30)28-20-11-18(20)12-22(28)26(29)31/h9,13-18,20,22,26,31H,1,10-12H2,2-8H3/t18-,20-,22-,26?/m0/s1. The third kappa shape index (κ3) is 4.10. The lowest BCUT2D eigenvalue weighted by Gasteiger charge is -2.42. The zero-order valence-corrected chi connectivity index (χ0v) is 23.5. The van der Waals surface area contributed by atoms with Crippen LogP contribution in [0.5, 0.6) is 11.5 Å². The predicted octanol–water partition coefficient (Wildman–Crippen LogP) is 5.31. The highest BCUT2D eigenvalue weighted by Crippen LogP contribution is 2.53. The summed E-state index contributed by atoms with van der Waals surface area (Å²) in [7, 11) is -0.836. The van der Waals surface area contributed by atoms with E-state index in [1.54, 1.807) is 24.1 Å². The van der Waals surface area contributed by atoms with Crippen molar-refractivity contribution in [2.24, 2.45) is 5.92 Å². The van der Waals surface area contributed by atoms with Crippen molar-refractivity contribution in [2.45, 2.75) is 89.3 Å². The van der Waals surface area contributed by atoms with Crippen molar-refractivity contribution in [1.82, 2.24) is 4.90 Å². The van der Waals surface area contributed by atoms with Crippen molar-refractivity contribution in [3.05, 3.63) is 30.4 Å². The fourth-order valence-electron chi connectivity index (χ4n) is 6.62. The van der Waals surface area contributed by atoms with Gasteiger partial charge in [-0.05, 0) is 41.4 Å². The molecule has 0 radical (unpaired) electrons. The number of aliphatic hydroxyl groups is 1. The molecule has 1 saturated carbocycles. The summed E-state index contributed by atoms with van der Waals surface area (Å²) in [5.41, 5.74) is 1.50. The van der Waals surface area contributed by atoms with Gasteiger partial charge in [-0.1, -0.05) is 54.2 Å². The summed E-state index contributed by atoms with van der Waals surface area (Å²) in [5, 5.41) is 11.4. The first-order valence-corrected chi connectivity index (χ1v) is 15.1. The maximum Gasteiger partial charge on any atom is 0.416 e. The van der Waals surface area contributed by atoms with Crippen LogP contribution in [-0.2, 0) is 4.74 Å². The zero-order chi connectivity index (χ0) is 26.5. The van der Waals surface area contributed by atoms with Crippen LogP contribution in [0.15, 0.2) is 24.8 Å². The van der Waals surface area contributed by atoms with Crippen molar-refractivity contribution in [2.75, 3.05) is 18.6 Å². The topological polar surface area (TPSA) is 88.5 Å². The highest BCUT2D eigenvalue weighted by Gasteiger charge is 2.59. The average molecular weight is 517 g/mol. The molecule has 198 valence electrons. The first-order chi connectivity index (χ1) is 17.0. The monoisotopic (exact) mass is 516 g/mol. The molecule has 4 atom stereocenters. The van der Waals surface area contributed by atoms with Crippen molar-refractivity contribution >= 4 is 26.0 Å². The smallest absolute Gasteiger partial charge is 0.416 e. The molecule has 2 aliphatic heterocycles. The third-order valence-electron chi connectivity index (χ3n) is 8.27. The molecule has 9 heteroatoms. The molecule has 2 fully saturated rings. The molecule has 1 aromatic rings. The summed E-state index contributed by atoms with van der Waals surface area (Å²) < 4.78 is 18.0. The molecule has 1 aliphatic carbocycles. The van der Waals surface area contributed by atoms with Gasteiger partial charge >= 0.3 is 6.09 Å². The summed E-state index contributed by atoms with van der Waals surface area (Å²) >= 11 is 0. The SMILES string of the molecule is C=CCOC(=O)N1c2cc(O[Si](C(C)C)(C(C)C)C(C)C)c(OC)cc2C(=O)N2[C@@H](C[C@@H]3C[C@@H]32)C1O. The Morgan fingerprint density at radius 2 is 1.72 bits per heavy atom. The second kappa shape index (κ2) is 9.74. The summed E-state index contributed by atoms with van der Waals surface area (Å²) in [6, 6.07) is 2.95. The van der Waals surface area contributed by atoms with Crippen LogP contribution in [0.3, 0.4) is 0 Å². The Hall–Kier alpha value is -2.52. The second-order valence-corrected chi connectivity index (χ2v) is 16.5. The Morgan fingerprint density at radius 3 is 2.28 bits per heavy atom. The molecule has 1 aromatic carbocycles. The maximum absolute atomic E-state index is 13.8. The number of ether oxygens (including phenoxy) is 2. The van der Waals surface area contributed by atoms with Gasteiger partial charge in [0.25, 0.3) is 14.2 Å². The number of fused-ring (bicyclic) bond motifs is 4. The van der Waals surface area contributed by atoms with E-state index in [0.29, 0.717) is 46.0 Å². The first kappa shape index (κ1) is 26.5. The summed E-state index contributed by atoms with van der Waals surface area (Å²) in [5.74, 6) is 1.08. The van der Waals surface area contributed by atoms with Crippen LogP contribution in [-0.4, -0.2) is 62.4 Å². The van der Waals surface area contributed by atoms with Crippen molar-refractivity contribution in [1.29, 1.82) is 0 Å². The number of hydrogen-bond donors (Lipinski definition) is 1. The predicted molar refractivity (Wildman–Crippen MR) is 141 cm³/mol. The van der Waals surface area contributed by atoms with E-state index in [9.17, 15) is 14.7 Å². The number of nitrogens with zero attached hydrogens (tertiary/aromatic N) is 2. The molecule has 4 rings (SSSR count). The number of carbonyl (C=O) groups is 2. The van der Waals surface area contributed by atoms with Gasteiger partial charge in [-0.15, -0.1) is 0 Å². The van der Waals surface area contributed by atoms with E-state index in [0.717, 1.165) is 6.42 Å². The van der Waals surface area contributed by atoms with Crippen molar-refractivity contribution < 1.29 is 28.6 Å². The minimum Gasteiger partial charge on any atom is -0.540 e. The second-order valence-electron chi connectivity index (χ2n) is 11.2. The van der Waals surface area contributed by atoms with E-state index >= 15 is 0 Å². The number of piperidine rings is 1. The molecular formula is C27H40N2O6Si. The summed E-state index contributed by atoms with van der Waals surface area (Å²) in [6.45, 7) is 16.7. The number of benzene rings is 1. The van der Waals surface area contributed by atoms with Crippen LogP contribution < -0.4 is 14.1 Å². The lowest BCUT2D eigenvalue weighted by molar-refractivity contribution is 0.0423. The van der Waals surface area contributed by atoms with E-state index < -0.39 is 26.7 Å². The lowest BCUT2D eigenvalue weighted by atomic mass is 10.1. The molecule has 0 spiro atoms. The fourth-order valence-corrected chi connectivity index (χ4v) is 11.9. The maximum atomic E-state index is 13.8. The first-order valence-electron chi connectivity index (χ1n) is 13.0. The van der Waals surface area contributed by atoms with Gasteiger partial charge in [-0.25, -0.2) is 9.69 Å². The summed E-state index contributed by atoms with van der Waals surface area (Å²) in [6.07, 6.45) is 1.09. The number of carbonyl (C=O) groups excluding carboxylic acids is 2. The molecule has 1 saturated heterocycles. The normalized spacial score (nSPS) is 24.9. The minimum absolute atomic E-state index is 0.00541. The number of hydrogen-bond acceptors (Lipinski definition) is 6. The van der Waals surface area contributed by atoms with Crippen LogP contribution in [0.1, 0.15) is 64.7 Å². The van der Waals surface area contributed by atoms with E-state index in [2.05, 4.69) is 48.1 Å². The Labute approximate surface area is 215 Å². The fraction of sp³-hybridized carbons (Fsp3) is 0.630. The van der Waals surface area contributed by atoms with Crippen LogP contribution in [0.4, 0.5) is 10.5 Å². The van der Waals surface area contributed by atoms with Gasteiger partial charge in [0, 0.05) is 12.1 Å². The molecule has 1 N–H and O–H groups in total. The molecular weight excluding hydrogens is 476 g/mol. The van der Waals surface area contributed by atoms with Gasteiger partial charge in [0.1, 0.15) is 12.4 Å². The van der Waals surface area contributed by atoms with Gasteiger partial charge in [0.15, 0.2) is 12.0 Å². The molecule has 3 aliphatic rings.